The lowest BCUT2D eigenvalue weighted by atomic mass is 10.1. The molecule has 146 valence electrons. The number of carbonyl (C=O) groups excluding carboxylic acids is 1. The maximum absolute atomic E-state index is 13.0. The molecule has 0 aliphatic carbocycles. The summed E-state index contributed by atoms with van der Waals surface area (Å²) in [6.45, 7) is 4.34. The lowest BCUT2D eigenvalue weighted by molar-refractivity contribution is -0.137. The Labute approximate surface area is 150 Å². The smallest absolute Gasteiger partial charge is 0.383 e. The van der Waals surface area contributed by atoms with Crippen molar-refractivity contribution < 1.29 is 27.4 Å². The highest BCUT2D eigenvalue weighted by Crippen LogP contribution is 2.35. The monoisotopic (exact) mass is 375 g/mol. The van der Waals surface area contributed by atoms with E-state index >= 15 is 0 Å². The van der Waals surface area contributed by atoms with E-state index in [0.717, 1.165) is 12.1 Å². The molecule has 0 aromatic heterocycles. The van der Waals surface area contributed by atoms with Crippen LogP contribution in [0.2, 0.25) is 0 Å². The molecule has 1 aliphatic heterocycles. The lowest BCUT2D eigenvalue weighted by Crippen LogP contribution is -2.38. The van der Waals surface area contributed by atoms with Gasteiger partial charge in [-0.15, -0.1) is 0 Å². The van der Waals surface area contributed by atoms with E-state index in [-0.39, 0.29) is 18.3 Å². The zero-order valence-electron chi connectivity index (χ0n) is 14.9. The highest BCUT2D eigenvalue weighted by Gasteiger charge is 2.31. The number of amides is 1. The number of rotatable bonds is 7. The third-order valence-corrected chi connectivity index (χ3v) is 3.98. The molecule has 0 bridgehead atoms. The predicted molar refractivity (Wildman–Crippen MR) is 92.4 cm³/mol. The molecule has 0 saturated carbocycles. The van der Waals surface area contributed by atoms with Gasteiger partial charge in [0.2, 0.25) is 5.91 Å². The third-order valence-electron chi connectivity index (χ3n) is 3.98. The first-order valence-corrected chi connectivity index (χ1v) is 8.37. The van der Waals surface area contributed by atoms with Gasteiger partial charge in [0, 0.05) is 26.2 Å². The number of alkyl halides is 3. The van der Waals surface area contributed by atoms with Gasteiger partial charge < -0.3 is 25.0 Å². The fraction of sp³-hybridized carbons (Fsp3) is 0.588. The van der Waals surface area contributed by atoms with Gasteiger partial charge in [0.1, 0.15) is 0 Å². The van der Waals surface area contributed by atoms with E-state index in [2.05, 4.69) is 10.6 Å². The topological polar surface area (TPSA) is 62.8 Å². The van der Waals surface area contributed by atoms with Crippen LogP contribution in [0.3, 0.4) is 0 Å². The maximum atomic E-state index is 13.0. The SMILES string of the molecule is COC[C@H](C)NCC(=O)Nc1cc(C(F)(F)F)ccc1N1CCOCC1. The fourth-order valence-corrected chi connectivity index (χ4v) is 2.66. The summed E-state index contributed by atoms with van der Waals surface area (Å²) in [4.78, 5) is 14.1. The van der Waals surface area contributed by atoms with Crippen LogP contribution in [0.5, 0.6) is 0 Å². The molecule has 6 nitrogen and oxygen atoms in total. The van der Waals surface area contributed by atoms with E-state index in [4.69, 9.17) is 9.47 Å². The number of anilines is 2. The summed E-state index contributed by atoms with van der Waals surface area (Å²) in [7, 11) is 1.55. The number of carbonyl (C=O) groups is 1. The Kier molecular flexibility index (Phi) is 7.24. The van der Waals surface area contributed by atoms with Crippen LogP contribution in [-0.2, 0) is 20.4 Å². The molecule has 0 unspecified atom stereocenters. The van der Waals surface area contributed by atoms with Crippen molar-refractivity contribution in [2.75, 3.05) is 56.8 Å². The van der Waals surface area contributed by atoms with Crippen LogP contribution in [0.15, 0.2) is 18.2 Å². The summed E-state index contributed by atoms with van der Waals surface area (Å²) in [5.41, 5.74) is -0.0990. The van der Waals surface area contributed by atoms with Crippen molar-refractivity contribution in [3.05, 3.63) is 23.8 Å². The molecule has 1 heterocycles. The van der Waals surface area contributed by atoms with E-state index in [1.807, 2.05) is 11.8 Å². The molecular weight excluding hydrogens is 351 g/mol. The number of methoxy groups -OCH3 is 1. The van der Waals surface area contributed by atoms with Gasteiger partial charge in [-0.1, -0.05) is 0 Å². The molecule has 2 N–H and O–H groups in total. The number of ether oxygens (including phenoxy) is 2. The number of halogens is 3. The van der Waals surface area contributed by atoms with Gasteiger partial charge in [-0.05, 0) is 25.1 Å². The standard InChI is InChI=1S/C17H24F3N3O3/c1-12(11-25-2)21-10-16(24)22-14-9-13(17(18,19)20)3-4-15(14)23-5-7-26-8-6-23/h3-4,9,12,21H,5-8,10-11H2,1-2H3,(H,22,24)/t12-/m0/s1. The van der Waals surface area contributed by atoms with Gasteiger partial charge in [-0.2, -0.15) is 13.2 Å². The van der Waals surface area contributed by atoms with E-state index in [1.54, 1.807) is 7.11 Å². The summed E-state index contributed by atoms with van der Waals surface area (Å²) < 4.78 is 49.4. The van der Waals surface area contributed by atoms with Crippen LogP contribution in [0.1, 0.15) is 12.5 Å². The number of morpholine rings is 1. The average molecular weight is 375 g/mol. The van der Waals surface area contributed by atoms with Gasteiger partial charge >= 0.3 is 6.18 Å². The van der Waals surface area contributed by atoms with Crippen LogP contribution in [0, 0.1) is 0 Å². The molecule has 1 saturated heterocycles. The van der Waals surface area contributed by atoms with Crippen LogP contribution < -0.4 is 15.5 Å². The van der Waals surface area contributed by atoms with Crippen molar-refractivity contribution in [3.8, 4) is 0 Å². The molecule has 1 aromatic carbocycles. The molecule has 0 radical (unpaired) electrons. The van der Waals surface area contributed by atoms with Gasteiger partial charge in [0.05, 0.1) is 43.3 Å². The molecule has 1 fully saturated rings. The molecule has 9 heteroatoms. The molecule has 1 aromatic rings. The van der Waals surface area contributed by atoms with Gasteiger partial charge in [-0.25, -0.2) is 0 Å². The second-order valence-corrected chi connectivity index (χ2v) is 6.11. The second kappa shape index (κ2) is 9.20. The molecular formula is C17H24F3N3O3. The minimum absolute atomic E-state index is 0.0245. The molecule has 1 atom stereocenters. The summed E-state index contributed by atoms with van der Waals surface area (Å²) in [6, 6.07) is 3.34. The van der Waals surface area contributed by atoms with Gasteiger partial charge in [0.15, 0.2) is 0 Å². The Morgan fingerprint density at radius 2 is 2.04 bits per heavy atom. The quantitative estimate of drug-likeness (QED) is 0.764. The number of hydrogen-bond acceptors (Lipinski definition) is 5. The first kappa shape index (κ1) is 20.5. The van der Waals surface area contributed by atoms with E-state index in [9.17, 15) is 18.0 Å². The number of benzene rings is 1. The zero-order chi connectivity index (χ0) is 19.2. The molecule has 0 spiro atoms. The number of hydrogen-bond donors (Lipinski definition) is 2. The highest BCUT2D eigenvalue weighted by atomic mass is 19.4. The van der Waals surface area contributed by atoms with Crippen LogP contribution in [0.4, 0.5) is 24.5 Å². The van der Waals surface area contributed by atoms with Crippen molar-refractivity contribution >= 4 is 17.3 Å². The van der Waals surface area contributed by atoms with Crippen molar-refractivity contribution in [2.24, 2.45) is 0 Å². The largest absolute Gasteiger partial charge is 0.416 e. The van der Waals surface area contributed by atoms with Crippen molar-refractivity contribution in [2.45, 2.75) is 19.1 Å². The van der Waals surface area contributed by atoms with Crippen molar-refractivity contribution in [1.82, 2.24) is 5.32 Å². The number of nitrogens with one attached hydrogen (secondary N) is 2. The maximum Gasteiger partial charge on any atom is 0.416 e. The van der Waals surface area contributed by atoms with Crippen molar-refractivity contribution in [3.63, 3.8) is 0 Å². The van der Waals surface area contributed by atoms with Gasteiger partial charge in [-0.3, -0.25) is 4.79 Å². The Bertz CT molecular complexity index is 605. The van der Waals surface area contributed by atoms with Crippen LogP contribution >= 0.6 is 0 Å². The summed E-state index contributed by atoms with van der Waals surface area (Å²) in [6.07, 6.45) is -4.48. The minimum atomic E-state index is -4.48. The van der Waals surface area contributed by atoms with Crippen molar-refractivity contribution in [1.29, 1.82) is 0 Å². The first-order valence-electron chi connectivity index (χ1n) is 8.37. The minimum Gasteiger partial charge on any atom is -0.383 e. The van der Waals surface area contributed by atoms with E-state index < -0.39 is 17.6 Å². The molecule has 2 rings (SSSR count). The Morgan fingerprint density at radius 1 is 1.35 bits per heavy atom. The van der Waals surface area contributed by atoms with E-state index in [0.29, 0.717) is 38.6 Å². The second-order valence-electron chi connectivity index (χ2n) is 6.11. The Morgan fingerprint density at radius 3 is 2.65 bits per heavy atom. The fourth-order valence-electron chi connectivity index (χ4n) is 2.66. The van der Waals surface area contributed by atoms with E-state index in [1.165, 1.54) is 6.07 Å². The first-order chi connectivity index (χ1) is 12.3. The molecule has 26 heavy (non-hydrogen) atoms. The highest BCUT2D eigenvalue weighted by molar-refractivity contribution is 5.95. The Hall–Kier alpha value is -1.84. The molecule has 1 aliphatic rings. The van der Waals surface area contributed by atoms with Crippen LogP contribution in [-0.4, -0.2) is 58.5 Å². The Balaban J connectivity index is 2.15. The molecule has 1 amide bonds. The lowest BCUT2D eigenvalue weighted by Gasteiger charge is -2.31. The zero-order valence-corrected chi connectivity index (χ0v) is 14.9. The number of nitrogens with zero attached hydrogens (tertiary/aromatic N) is 1. The summed E-state index contributed by atoms with van der Waals surface area (Å²) in [5, 5.41) is 5.55. The summed E-state index contributed by atoms with van der Waals surface area (Å²) >= 11 is 0. The summed E-state index contributed by atoms with van der Waals surface area (Å²) in [5.74, 6) is -0.415. The van der Waals surface area contributed by atoms with Gasteiger partial charge in [0.25, 0.3) is 0 Å². The van der Waals surface area contributed by atoms with Crippen LogP contribution in [0.25, 0.3) is 0 Å². The predicted octanol–water partition coefficient (Wildman–Crippen LogP) is 2.10. The third kappa shape index (κ3) is 5.86. The normalized spacial score (nSPS) is 16.4. The average Bonchev–Trinajstić information content (AvgIpc) is 2.60.